The van der Waals surface area contributed by atoms with Gasteiger partial charge in [-0.25, -0.2) is 0 Å². The van der Waals surface area contributed by atoms with Gasteiger partial charge in [-0.3, -0.25) is 0 Å². The highest BCUT2D eigenvalue weighted by molar-refractivity contribution is 6.30. The summed E-state index contributed by atoms with van der Waals surface area (Å²) < 4.78 is 0. The fraction of sp³-hybridized carbons (Fsp3) is 0.235. The Morgan fingerprint density at radius 3 is 2.32 bits per heavy atom. The fourth-order valence-corrected chi connectivity index (χ4v) is 2.42. The topological polar surface area (TPSA) is 17.1 Å². The van der Waals surface area contributed by atoms with Crippen LogP contribution in [0.2, 0.25) is 5.02 Å². The highest BCUT2D eigenvalue weighted by Crippen LogP contribution is 2.26. The molecule has 0 aliphatic heterocycles. The van der Waals surface area contributed by atoms with Crippen LogP contribution in [0.5, 0.6) is 0 Å². The number of benzene rings is 2. The molecule has 0 saturated carbocycles. The molecule has 1 atom stereocenters. The molecule has 0 bridgehead atoms. The van der Waals surface area contributed by atoms with Crippen LogP contribution < -0.4 is 0 Å². The molecule has 1 unspecified atom stereocenters. The molecule has 0 aromatic heterocycles. The minimum Gasteiger partial charge on any atom is -0.303 e. The van der Waals surface area contributed by atoms with Gasteiger partial charge in [0.1, 0.15) is 6.29 Å². The van der Waals surface area contributed by atoms with Crippen molar-refractivity contribution in [3.63, 3.8) is 0 Å². The van der Waals surface area contributed by atoms with Crippen LogP contribution >= 0.6 is 11.6 Å². The smallest absolute Gasteiger partial charge is 0.120 e. The molecule has 0 amide bonds. The third kappa shape index (κ3) is 4.22. The molecule has 2 aromatic carbocycles. The maximum absolute atomic E-state index is 10.6. The Hall–Kier alpha value is -1.60. The predicted molar refractivity (Wildman–Crippen MR) is 79.6 cm³/mol. The number of rotatable bonds is 6. The van der Waals surface area contributed by atoms with Crippen LogP contribution in [0.4, 0.5) is 0 Å². The summed E-state index contributed by atoms with van der Waals surface area (Å²) in [6, 6.07) is 18.3. The molecule has 2 aromatic rings. The molecule has 0 aliphatic carbocycles. The van der Waals surface area contributed by atoms with Crippen LogP contribution in [-0.2, 0) is 11.2 Å². The van der Waals surface area contributed by atoms with Crippen molar-refractivity contribution < 1.29 is 4.79 Å². The van der Waals surface area contributed by atoms with Crippen LogP contribution in [0.1, 0.15) is 29.9 Å². The zero-order valence-corrected chi connectivity index (χ0v) is 11.5. The monoisotopic (exact) mass is 272 g/mol. The van der Waals surface area contributed by atoms with E-state index in [1.807, 2.05) is 30.3 Å². The third-order valence-corrected chi connectivity index (χ3v) is 3.55. The van der Waals surface area contributed by atoms with E-state index in [2.05, 4.69) is 24.3 Å². The van der Waals surface area contributed by atoms with Gasteiger partial charge >= 0.3 is 0 Å². The average Bonchev–Trinajstić information content (AvgIpc) is 2.45. The first-order valence-corrected chi connectivity index (χ1v) is 6.90. The van der Waals surface area contributed by atoms with Gasteiger partial charge in [0, 0.05) is 11.4 Å². The molecule has 2 heteroatoms. The molecule has 0 spiro atoms. The van der Waals surface area contributed by atoms with E-state index >= 15 is 0 Å². The fourth-order valence-electron chi connectivity index (χ4n) is 2.29. The third-order valence-electron chi connectivity index (χ3n) is 3.30. The highest BCUT2D eigenvalue weighted by Gasteiger charge is 2.12. The minimum atomic E-state index is 0.366. The maximum Gasteiger partial charge on any atom is 0.120 e. The Kier molecular flexibility index (Phi) is 5.17. The van der Waals surface area contributed by atoms with Crippen molar-refractivity contribution >= 4 is 17.9 Å². The lowest BCUT2D eigenvalue weighted by atomic mass is 9.88. The zero-order valence-electron chi connectivity index (χ0n) is 10.8. The van der Waals surface area contributed by atoms with Crippen molar-refractivity contribution in [3.8, 4) is 0 Å². The van der Waals surface area contributed by atoms with Gasteiger partial charge in [0.15, 0.2) is 0 Å². The molecule has 0 fully saturated rings. The van der Waals surface area contributed by atoms with Crippen molar-refractivity contribution in [1.82, 2.24) is 0 Å². The van der Waals surface area contributed by atoms with Crippen molar-refractivity contribution in [2.24, 2.45) is 0 Å². The van der Waals surface area contributed by atoms with Crippen LogP contribution in [0.3, 0.4) is 0 Å². The van der Waals surface area contributed by atoms with E-state index in [-0.39, 0.29) is 0 Å². The summed E-state index contributed by atoms with van der Waals surface area (Å²) in [5.74, 6) is 0.366. The Balaban J connectivity index is 2.15. The van der Waals surface area contributed by atoms with E-state index in [1.54, 1.807) is 0 Å². The first kappa shape index (κ1) is 13.8. The molecule has 0 radical (unpaired) electrons. The van der Waals surface area contributed by atoms with Gasteiger partial charge in [0.25, 0.3) is 0 Å². The molecule has 0 N–H and O–H groups in total. The SMILES string of the molecule is O=CCCC(Cc1ccccc1)c1ccc(Cl)cc1. The molecular weight excluding hydrogens is 256 g/mol. The largest absolute Gasteiger partial charge is 0.303 e. The number of hydrogen-bond donors (Lipinski definition) is 0. The molecule has 1 nitrogen and oxygen atoms in total. The average molecular weight is 273 g/mol. The zero-order chi connectivity index (χ0) is 13.5. The molecule has 0 saturated heterocycles. The number of hydrogen-bond acceptors (Lipinski definition) is 1. The second-order valence-electron chi connectivity index (χ2n) is 4.68. The van der Waals surface area contributed by atoms with Crippen molar-refractivity contribution in [3.05, 3.63) is 70.7 Å². The number of aldehydes is 1. The van der Waals surface area contributed by atoms with Crippen LogP contribution in [0, 0.1) is 0 Å². The Bertz CT molecular complexity index is 505. The Morgan fingerprint density at radius 1 is 1.00 bits per heavy atom. The van der Waals surface area contributed by atoms with Gasteiger partial charge < -0.3 is 4.79 Å². The van der Waals surface area contributed by atoms with Gasteiger partial charge in [-0.05, 0) is 42.0 Å². The standard InChI is InChI=1S/C17H17ClO/c18-17-10-8-15(9-11-17)16(7-4-12-19)13-14-5-2-1-3-6-14/h1-3,5-6,8-12,16H,4,7,13H2. The van der Waals surface area contributed by atoms with E-state index in [0.29, 0.717) is 12.3 Å². The summed E-state index contributed by atoms with van der Waals surface area (Å²) in [6.45, 7) is 0. The summed E-state index contributed by atoms with van der Waals surface area (Å²) >= 11 is 5.92. The molecule has 0 aliphatic rings. The van der Waals surface area contributed by atoms with Crippen LogP contribution in [-0.4, -0.2) is 6.29 Å². The summed E-state index contributed by atoms with van der Waals surface area (Å²) in [6.07, 6.45) is 3.42. The number of halogens is 1. The van der Waals surface area contributed by atoms with Crippen LogP contribution in [0.15, 0.2) is 54.6 Å². The van der Waals surface area contributed by atoms with Crippen LogP contribution in [0.25, 0.3) is 0 Å². The van der Waals surface area contributed by atoms with E-state index in [0.717, 1.165) is 24.2 Å². The Labute approximate surface area is 119 Å². The van der Waals surface area contributed by atoms with Gasteiger partial charge in [-0.2, -0.15) is 0 Å². The second-order valence-corrected chi connectivity index (χ2v) is 5.12. The van der Waals surface area contributed by atoms with E-state index in [1.165, 1.54) is 11.1 Å². The van der Waals surface area contributed by atoms with Gasteiger partial charge in [-0.1, -0.05) is 54.1 Å². The predicted octanol–water partition coefficient (Wildman–Crippen LogP) is 4.65. The van der Waals surface area contributed by atoms with E-state index in [9.17, 15) is 4.79 Å². The molecule has 0 heterocycles. The van der Waals surface area contributed by atoms with E-state index < -0.39 is 0 Å². The lowest BCUT2D eigenvalue weighted by molar-refractivity contribution is -0.108. The molecule has 2 rings (SSSR count). The first-order chi connectivity index (χ1) is 9.29. The summed E-state index contributed by atoms with van der Waals surface area (Å²) in [7, 11) is 0. The lowest BCUT2D eigenvalue weighted by Crippen LogP contribution is -2.03. The summed E-state index contributed by atoms with van der Waals surface area (Å²) in [5, 5.41) is 0.748. The van der Waals surface area contributed by atoms with Gasteiger partial charge in [-0.15, -0.1) is 0 Å². The van der Waals surface area contributed by atoms with Crippen molar-refractivity contribution in [2.75, 3.05) is 0 Å². The highest BCUT2D eigenvalue weighted by atomic mass is 35.5. The summed E-state index contributed by atoms with van der Waals surface area (Å²) in [4.78, 5) is 10.6. The quantitative estimate of drug-likeness (QED) is 0.700. The molecular formula is C17H17ClO. The summed E-state index contributed by atoms with van der Waals surface area (Å²) in [5.41, 5.74) is 2.54. The first-order valence-electron chi connectivity index (χ1n) is 6.52. The molecule has 19 heavy (non-hydrogen) atoms. The van der Waals surface area contributed by atoms with E-state index in [4.69, 9.17) is 11.6 Å². The lowest BCUT2D eigenvalue weighted by Gasteiger charge is -2.16. The van der Waals surface area contributed by atoms with Gasteiger partial charge in [0.2, 0.25) is 0 Å². The Morgan fingerprint density at radius 2 is 1.68 bits per heavy atom. The molecule has 98 valence electrons. The maximum atomic E-state index is 10.6. The number of carbonyl (C=O) groups excluding carboxylic acids is 1. The van der Waals surface area contributed by atoms with Crippen molar-refractivity contribution in [1.29, 1.82) is 0 Å². The van der Waals surface area contributed by atoms with Crippen molar-refractivity contribution in [2.45, 2.75) is 25.2 Å². The normalized spacial score (nSPS) is 12.1. The second kappa shape index (κ2) is 7.10. The minimum absolute atomic E-state index is 0.366. The van der Waals surface area contributed by atoms with Gasteiger partial charge in [0.05, 0.1) is 0 Å². The number of carbonyl (C=O) groups is 1.